The molecule has 128 valence electrons. The van der Waals surface area contributed by atoms with Gasteiger partial charge in [-0.15, -0.1) is 0 Å². The largest absolute Gasteiger partial charge is 0.481 e. The summed E-state index contributed by atoms with van der Waals surface area (Å²) in [5, 5.41) is -0.512. The molecule has 0 fully saturated rings. The minimum atomic E-state index is -0.639. The average Bonchev–Trinajstić information content (AvgIpc) is 3.23. The van der Waals surface area contributed by atoms with Crippen molar-refractivity contribution in [1.82, 2.24) is 0 Å². The zero-order valence-electron chi connectivity index (χ0n) is 13.2. The van der Waals surface area contributed by atoms with E-state index >= 15 is 0 Å². The van der Waals surface area contributed by atoms with E-state index in [1.807, 2.05) is 36.4 Å². The highest BCUT2D eigenvalue weighted by molar-refractivity contribution is 6.64. The lowest BCUT2D eigenvalue weighted by atomic mass is 10.1. The molecule has 25 heavy (non-hydrogen) atoms. The molecule has 2 heterocycles. The fraction of sp³-hybridized carbons (Fsp3) is 0.263. The molecule has 2 atom stereocenters. The molecular weight excluding hydrogens is 344 g/mol. The van der Waals surface area contributed by atoms with E-state index < -0.39 is 23.4 Å². The Labute approximate surface area is 149 Å². The molecule has 0 saturated heterocycles. The summed E-state index contributed by atoms with van der Waals surface area (Å²) in [6, 6.07) is 13.0. The van der Waals surface area contributed by atoms with Crippen LogP contribution in [0.1, 0.15) is 16.7 Å². The quantitative estimate of drug-likeness (QED) is 0.621. The lowest BCUT2D eigenvalue weighted by Gasteiger charge is -2.11. The number of esters is 1. The van der Waals surface area contributed by atoms with E-state index in [4.69, 9.17) is 25.8 Å². The van der Waals surface area contributed by atoms with Gasteiger partial charge in [0.2, 0.25) is 0 Å². The molecule has 2 aromatic carbocycles. The fourth-order valence-corrected chi connectivity index (χ4v) is 3.17. The number of ether oxygens (including phenoxy) is 3. The molecule has 2 aromatic rings. The monoisotopic (exact) mass is 358 g/mol. The first-order valence-electron chi connectivity index (χ1n) is 7.99. The van der Waals surface area contributed by atoms with Gasteiger partial charge in [0, 0.05) is 12.8 Å². The van der Waals surface area contributed by atoms with Gasteiger partial charge in [-0.25, -0.2) is 4.79 Å². The number of hydrogen-bond acceptors (Lipinski definition) is 5. The van der Waals surface area contributed by atoms with Crippen molar-refractivity contribution in [3.8, 4) is 11.5 Å². The molecule has 0 aromatic heterocycles. The van der Waals surface area contributed by atoms with E-state index in [1.54, 1.807) is 6.07 Å². The Bertz CT molecular complexity index is 822. The third kappa shape index (κ3) is 3.20. The summed E-state index contributed by atoms with van der Waals surface area (Å²) in [5.74, 6) is 0.940. The second-order valence-corrected chi connectivity index (χ2v) is 6.46. The Morgan fingerprint density at radius 3 is 2.52 bits per heavy atom. The molecule has 0 aliphatic carbocycles. The molecule has 4 rings (SSSR count). The maximum absolute atomic E-state index is 12.2. The van der Waals surface area contributed by atoms with Gasteiger partial charge in [0.25, 0.3) is 5.24 Å². The number of hydrogen-bond donors (Lipinski definition) is 0. The van der Waals surface area contributed by atoms with Gasteiger partial charge in [-0.05, 0) is 40.4 Å². The minimum absolute atomic E-state index is 0.116. The maximum Gasteiger partial charge on any atom is 0.348 e. The summed E-state index contributed by atoms with van der Waals surface area (Å²) in [7, 11) is 0. The predicted molar refractivity (Wildman–Crippen MR) is 89.8 cm³/mol. The van der Waals surface area contributed by atoms with Crippen LogP contribution in [0.2, 0.25) is 0 Å². The highest BCUT2D eigenvalue weighted by Crippen LogP contribution is 2.31. The Morgan fingerprint density at radius 2 is 1.72 bits per heavy atom. The molecule has 6 heteroatoms. The van der Waals surface area contributed by atoms with Crippen LogP contribution in [-0.2, 0) is 33.8 Å². The van der Waals surface area contributed by atoms with Gasteiger partial charge in [0.15, 0.2) is 12.2 Å². The van der Waals surface area contributed by atoms with E-state index in [0.29, 0.717) is 18.6 Å². The van der Waals surface area contributed by atoms with Crippen LogP contribution in [0.3, 0.4) is 0 Å². The van der Waals surface area contributed by atoms with Gasteiger partial charge in [-0.2, -0.15) is 0 Å². The number of para-hydroxylation sites is 1. The van der Waals surface area contributed by atoms with E-state index in [-0.39, 0.29) is 6.61 Å². The van der Waals surface area contributed by atoms with Gasteiger partial charge < -0.3 is 14.2 Å². The topological polar surface area (TPSA) is 61.8 Å². The number of carbonyl (C=O) groups excluding carboxylic acids is 2. The summed E-state index contributed by atoms with van der Waals surface area (Å²) >= 11 is 5.48. The summed E-state index contributed by atoms with van der Waals surface area (Å²) in [5.41, 5.74) is 2.71. The molecule has 2 aliphatic rings. The van der Waals surface area contributed by atoms with Crippen molar-refractivity contribution in [2.24, 2.45) is 0 Å². The number of benzene rings is 2. The van der Waals surface area contributed by atoms with E-state index in [0.717, 1.165) is 22.4 Å². The molecule has 2 aliphatic heterocycles. The van der Waals surface area contributed by atoms with Crippen LogP contribution in [0.4, 0.5) is 0 Å². The molecule has 2 unspecified atom stereocenters. The first-order chi connectivity index (χ1) is 12.1. The van der Waals surface area contributed by atoms with Gasteiger partial charge in [0.05, 0.1) is 0 Å². The van der Waals surface area contributed by atoms with E-state index in [9.17, 15) is 9.59 Å². The maximum atomic E-state index is 12.2. The van der Waals surface area contributed by atoms with Crippen LogP contribution in [0.5, 0.6) is 11.5 Å². The zero-order chi connectivity index (χ0) is 17.4. The van der Waals surface area contributed by atoms with Crippen molar-refractivity contribution < 1.29 is 23.8 Å². The van der Waals surface area contributed by atoms with E-state index in [2.05, 4.69) is 0 Å². The molecule has 0 spiro atoms. The Morgan fingerprint density at radius 1 is 1.00 bits per heavy atom. The van der Waals surface area contributed by atoms with Gasteiger partial charge in [0.1, 0.15) is 18.1 Å². The molecule has 0 N–H and O–H groups in total. The molecule has 0 radical (unpaired) electrons. The van der Waals surface area contributed by atoms with Crippen LogP contribution in [0, 0.1) is 0 Å². The standard InChI is InChI=1S/C19H15ClO5/c20-18(21)16-8-13-6-5-11(7-15(13)25-16)10-23-19(22)17-9-12-3-1-2-4-14(12)24-17/h1-7,16-17H,8-10H2. The first kappa shape index (κ1) is 16.0. The summed E-state index contributed by atoms with van der Waals surface area (Å²) in [4.78, 5) is 23.4. The zero-order valence-corrected chi connectivity index (χ0v) is 14.0. The van der Waals surface area contributed by atoms with Crippen LogP contribution < -0.4 is 9.47 Å². The number of rotatable bonds is 4. The molecule has 5 nitrogen and oxygen atoms in total. The SMILES string of the molecule is O=C(Cl)C1Cc2ccc(COC(=O)C3Cc4ccccc4O3)cc2O1. The predicted octanol–water partition coefficient (Wildman–Crippen LogP) is 2.80. The number of fused-ring (bicyclic) bond motifs is 2. The van der Waals surface area contributed by atoms with Crippen molar-refractivity contribution in [2.45, 2.75) is 31.7 Å². The first-order valence-corrected chi connectivity index (χ1v) is 8.37. The van der Waals surface area contributed by atoms with E-state index in [1.165, 1.54) is 0 Å². The fourth-order valence-electron chi connectivity index (χ4n) is 3.05. The van der Waals surface area contributed by atoms with Gasteiger partial charge >= 0.3 is 5.97 Å². The summed E-state index contributed by atoms with van der Waals surface area (Å²) in [6.45, 7) is 0.116. The van der Waals surface area contributed by atoms with Crippen molar-refractivity contribution in [1.29, 1.82) is 0 Å². The van der Waals surface area contributed by atoms with Crippen LogP contribution in [-0.4, -0.2) is 23.4 Å². The second kappa shape index (κ2) is 6.41. The molecular formula is C19H15ClO5. The normalized spacial score (nSPS) is 20.2. The van der Waals surface area contributed by atoms with Crippen molar-refractivity contribution >= 4 is 22.8 Å². The van der Waals surface area contributed by atoms with Gasteiger partial charge in [-0.1, -0.05) is 30.3 Å². The smallest absolute Gasteiger partial charge is 0.348 e. The average molecular weight is 359 g/mol. The van der Waals surface area contributed by atoms with Gasteiger partial charge in [-0.3, -0.25) is 4.79 Å². The van der Waals surface area contributed by atoms with Crippen molar-refractivity contribution in [2.75, 3.05) is 0 Å². The second-order valence-electron chi connectivity index (χ2n) is 6.08. The minimum Gasteiger partial charge on any atom is -0.481 e. The molecule has 0 amide bonds. The Balaban J connectivity index is 1.36. The summed E-state index contributed by atoms with van der Waals surface area (Å²) < 4.78 is 16.5. The van der Waals surface area contributed by atoms with Crippen molar-refractivity contribution in [3.63, 3.8) is 0 Å². The van der Waals surface area contributed by atoms with Crippen LogP contribution in [0.25, 0.3) is 0 Å². The number of halogens is 1. The Hall–Kier alpha value is -2.53. The number of carbonyl (C=O) groups is 2. The van der Waals surface area contributed by atoms with Crippen LogP contribution >= 0.6 is 11.6 Å². The third-order valence-corrected chi connectivity index (χ3v) is 4.59. The van der Waals surface area contributed by atoms with Crippen LogP contribution in [0.15, 0.2) is 42.5 Å². The molecule has 0 bridgehead atoms. The lowest BCUT2D eigenvalue weighted by molar-refractivity contribution is -0.152. The third-order valence-electron chi connectivity index (χ3n) is 4.35. The summed E-state index contributed by atoms with van der Waals surface area (Å²) in [6.07, 6.45) is -0.269. The highest BCUT2D eigenvalue weighted by Gasteiger charge is 2.31. The molecule has 0 saturated carbocycles. The highest BCUT2D eigenvalue weighted by atomic mass is 35.5. The van der Waals surface area contributed by atoms with Crippen molar-refractivity contribution in [3.05, 3.63) is 59.2 Å². The Kier molecular flexibility index (Phi) is 4.09. The lowest BCUT2D eigenvalue weighted by Crippen LogP contribution is -2.27.